The molecule has 0 radical (unpaired) electrons. The van der Waals surface area contributed by atoms with Crippen molar-refractivity contribution < 1.29 is 4.74 Å². The molecule has 0 bridgehead atoms. The SMILES string of the molecule is COCc1cc2c3c(ccc2c2ccc(C(C)N(C)C)cc12)CCCC3. The smallest absolute Gasteiger partial charge is 0.0719 e. The van der Waals surface area contributed by atoms with Crippen molar-refractivity contribution in [1.29, 1.82) is 0 Å². The van der Waals surface area contributed by atoms with Crippen LogP contribution in [0.2, 0.25) is 0 Å². The second-order valence-corrected chi connectivity index (χ2v) is 7.92. The minimum Gasteiger partial charge on any atom is -0.380 e. The molecule has 3 aromatic carbocycles. The Morgan fingerprint density at radius 2 is 1.65 bits per heavy atom. The Labute approximate surface area is 156 Å². The van der Waals surface area contributed by atoms with E-state index in [9.17, 15) is 0 Å². The van der Waals surface area contributed by atoms with Crippen LogP contribution in [0.5, 0.6) is 0 Å². The highest BCUT2D eigenvalue weighted by Crippen LogP contribution is 2.36. The molecule has 0 spiro atoms. The molecule has 2 nitrogen and oxygen atoms in total. The van der Waals surface area contributed by atoms with Gasteiger partial charge in [0.25, 0.3) is 0 Å². The van der Waals surface area contributed by atoms with Crippen LogP contribution in [-0.2, 0) is 24.2 Å². The predicted octanol–water partition coefficient (Wildman–Crippen LogP) is 5.64. The van der Waals surface area contributed by atoms with Gasteiger partial charge in [-0.3, -0.25) is 0 Å². The average molecular weight is 348 g/mol. The molecular weight excluding hydrogens is 318 g/mol. The van der Waals surface area contributed by atoms with Crippen LogP contribution in [-0.4, -0.2) is 26.1 Å². The molecule has 0 aromatic heterocycles. The molecule has 0 saturated heterocycles. The van der Waals surface area contributed by atoms with Gasteiger partial charge in [0, 0.05) is 13.2 Å². The third-order valence-corrected chi connectivity index (χ3v) is 6.13. The van der Waals surface area contributed by atoms with Crippen molar-refractivity contribution in [3.63, 3.8) is 0 Å². The van der Waals surface area contributed by atoms with Crippen molar-refractivity contribution in [3.8, 4) is 0 Å². The molecule has 136 valence electrons. The Morgan fingerprint density at radius 1 is 0.923 bits per heavy atom. The van der Waals surface area contributed by atoms with Crippen LogP contribution in [0.3, 0.4) is 0 Å². The molecule has 0 fully saturated rings. The summed E-state index contributed by atoms with van der Waals surface area (Å²) in [5.74, 6) is 0. The van der Waals surface area contributed by atoms with Crippen LogP contribution in [0.4, 0.5) is 0 Å². The highest BCUT2D eigenvalue weighted by molar-refractivity contribution is 6.10. The van der Waals surface area contributed by atoms with E-state index in [2.05, 4.69) is 62.3 Å². The summed E-state index contributed by atoms with van der Waals surface area (Å²) >= 11 is 0. The predicted molar refractivity (Wildman–Crippen MR) is 111 cm³/mol. The van der Waals surface area contributed by atoms with Crippen LogP contribution in [0.15, 0.2) is 36.4 Å². The molecular formula is C24H29NO. The number of benzene rings is 3. The Bertz CT molecular complexity index is 957. The van der Waals surface area contributed by atoms with Crippen LogP contribution in [0.25, 0.3) is 21.5 Å². The van der Waals surface area contributed by atoms with Gasteiger partial charge in [-0.25, -0.2) is 0 Å². The molecule has 0 saturated carbocycles. The van der Waals surface area contributed by atoms with E-state index in [4.69, 9.17) is 4.74 Å². The summed E-state index contributed by atoms with van der Waals surface area (Å²) in [4.78, 5) is 2.26. The molecule has 1 aliphatic carbocycles. The fourth-order valence-electron chi connectivity index (χ4n) is 4.40. The monoisotopic (exact) mass is 347 g/mol. The molecule has 0 heterocycles. The number of hydrogen-bond donors (Lipinski definition) is 0. The molecule has 0 amide bonds. The molecule has 3 aromatic rings. The minimum absolute atomic E-state index is 0.397. The van der Waals surface area contributed by atoms with Crippen molar-refractivity contribution in [3.05, 3.63) is 58.7 Å². The third-order valence-electron chi connectivity index (χ3n) is 6.13. The molecule has 0 N–H and O–H groups in total. The van der Waals surface area contributed by atoms with E-state index < -0.39 is 0 Å². The van der Waals surface area contributed by atoms with Crippen molar-refractivity contribution >= 4 is 21.5 Å². The largest absolute Gasteiger partial charge is 0.380 e. The molecule has 2 heteroatoms. The minimum atomic E-state index is 0.397. The van der Waals surface area contributed by atoms with E-state index >= 15 is 0 Å². The molecule has 1 atom stereocenters. The van der Waals surface area contributed by atoms with Crippen LogP contribution >= 0.6 is 0 Å². The fourth-order valence-corrected chi connectivity index (χ4v) is 4.40. The summed E-state index contributed by atoms with van der Waals surface area (Å²) in [6, 6.07) is 14.5. The lowest BCUT2D eigenvalue weighted by atomic mass is 9.85. The van der Waals surface area contributed by atoms with Gasteiger partial charge in [0.05, 0.1) is 6.61 Å². The lowest BCUT2D eigenvalue weighted by Crippen LogP contribution is -2.16. The Kier molecular flexibility index (Phi) is 4.73. The zero-order chi connectivity index (χ0) is 18.3. The zero-order valence-corrected chi connectivity index (χ0v) is 16.4. The number of nitrogens with zero attached hydrogens (tertiary/aromatic N) is 1. The lowest BCUT2D eigenvalue weighted by Gasteiger charge is -2.23. The Morgan fingerprint density at radius 3 is 2.42 bits per heavy atom. The highest BCUT2D eigenvalue weighted by atomic mass is 16.5. The quantitative estimate of drug-likeness (QED) is 0.566. The van der Waals surface area contributed by atoms with E-state index in [1.165, 1.54) is 58.4 Å². The van der Waals surface area contributed by atoms with Gasteiger partial charge in [-0.1, -0.05) is 24.3 Å². The highest BCUT2D eigenvalue weighted by Gasteiger charge is 2.17. The second kappa shape index (κ2) is 7.02. The van der Waals surface area contributed by atoms with E-state index in [0.29, 0.717) is 12.6 Å². The normalized spacial score (nSPS) is 15.6. The van der Waals surface area contributed by atoms with E-state index in [0.717, 1.165) is 0 Å². The summed E-state index contributed by atoms with van der Waals surface area (Å²) in [6.07, 6.45) is 5.06. The van der Waals surface area contributed by atoms with E-state index in [1.807, 2.05) is 0 Å². The van der Waals surface area contributed by atoms with Crippen LogP contribution in [0, 0.1) is 0 Å². The first-order chi connectivity index (χ1) is 12.6. The second-order valence-electron chi connectivity index (χ2n) is 7.92. The summed E-state index contributed by atoms with van der Waals surface area (Å²) < 4.78 is 5.57. The number of methoxy groups -OCH3 is 1. The van der Waals surface area contributed by atoms with Crippen molar-refractivity contribution in [2.45, 2.75) is 45.3 Å². The van der Waals surface area contributed by atoms with Crippen LogP contribution in [0.1, 0.15) is 48.1 Å². The van der Waals surface area contributed by atoms with Gasteiger partial charge in [0.2, 0.25) is 0 Å². The van der Waals surface area contributed by atoms with E-state index in [1.54, 1.807) is 18.2 Å². The molecule has 26 heavy (non-hydrogen) atoms. The van der Waals surface area contributed by atoms with Gasteiger partial charge < -0.3 is 9.64 Å². The molecule has 1 aliphatic rings. The van der Waals surface area contributed by atoms with Gasteiger partial charge in [0.15, 0.2) is 0 Å². The Balaban J connectivity index is 2.00. The van der Waals surface area contributed by atoms with Crippen molar-refractivity contribution in [1.82, 2.24) is 4.90 Å². The van der Waals surface area contributed by atoms with Gasteiger partial charge in [-0.05, 0) is 103 Å². The number of fused-ring (bicyclic) bond motifs is 5. The maximum atomic E-state index is 5.57. The maximum Gasteiger partial charge on any atom is 0.0719 e. The van der Waals surface area contributed by atoms with Gasteiger partial charge in [-0.2, -0.15) is 0 Å². The summed E-state index contributed by atoms with van der Waals surface area (Å²) in [6.45, 7) is 2.92. The first-order valence-electron chi connectivity index (χ1n) is 9.75. The van der Waals surface area contributed by atoms with Crippen LogP contribution < -0.4 is 0 Å². The fraction of sp³-hybridized carbons (Fsp3) is 0.417. The number of hydrogen-bond acceptors (Lipinski definition) is 2. The van der Waals surface area contributed by atoms with Gasteiger partial charge >= 0.3 is 0 Å². The number of rotatable bonds is 4. The zero-order valence-electron chi connectivity index (χ0n) is 16.4. The average Bonchev–Trinajstić information content (AvgIpc) is 2.67. The third kappa shape index (κ3) is 2.91. The van der Waals surface area contributed by atoms with Gasteiger partial charge in [0.1, 0.15) is 0 Å². The Hall–Kier alpha value is -1.90. The lowest BCUT2D eigenvalue weighted by molar-refractivity contribution is 0.186. The summed E-state index contributed by atoms with van der Waals surface area (Å²) in [5.41, 5.74) is 5.78. The molecule has 1 unspecified atom stereocenters. The van der Waals surface area contributed by atoms with E-state index in [-0.39, 0.29) is 0 Å². The number of aryl methyl sites for hydroxylation is 2. The molecule has 0 aliphatic heterocycles. The standard InChI is InChI=1S/C24H29NO/c1-16(25(2)3)18-10-12-21-22-11-9-17-7-5-6-8-20(17)24(22)14-19(15-26-4)23(21)13-18/h9-14,16H,5-8,15H2,1-4H3. The first-order valence-corrected chi connectivity index (χ1v) is 9.75. The first kappa shape index (κ1) is 17.5. The number of ether oxygens (including phenoxy) is 1. The summed E-state index contributed by atoms with van der Waals surface area (Å²) in [5, 5.41) is 5.53. The summed E-state index contributed by atoms with van der Waals surface area (Å²) in [7, 11) is 6.07. The topological polar surface area (TPSA) is 12.5 Å². The van der Waals surface area contributed by atoms with Crippen molar-refractivity contribution in [2.24, 2.45) is 0 Å². The van der Waals surface area contributed by atoms with Crippen molar-refractivity contribution in [2.75, 3.05) is 21.2 Å². The van der Waals surface area contributed by atoms with Gasteiger partial charge in [-0.15, -0.1) is 0 Å². The maximum absolute atomic E-state index is 5.57. The molecule has 4 rings (SSSR count).